The lowest BCUT2D eigenvalue weighted by molar-refractivity contribution is 0.318. The molecule has 1 aromatic heterocycles. The quantitative estimate of drug-likeness (QED) is 0.372. The van der Waals surface area contributed by atoms with Crippen LogP contribution in [0.4, 0.5) is 0 Å². The number of hydrogen-bond donors (Lipinski definition) is 2. The van der Waals surface area contributed by atoms with Crippen LogP contribution in [0.25, 0.3) is 0 Å². The van der Waals surface area contributed by atoms with Gasteiger partial charge in [-0.15, -0.1) is 10.2 Å². The van der Waals surface area contributed by atoms with E-state index < -0.39 is 0 Å². The molecule has 0 aliphatic rings. The molecule has 0 saturated heterocycles. The number of amidine groups is 1. The molecule has 0 spiro atoms. The Morgan fingerprint density at radius 1 is 1.41 bits per heavy atom. The molecule has 6 nitrogen and oxygen atoms in total. The van der Waals surface area contributed by atoms with Gasteiger partial charge in [-0.25, -0.2) is 0 Å². The van der Waals surface area contributed by atoms with Gasteiger partial charge in [-0.05, 0) is 17.8 Å². The summed E-state index contributed by atoms with van der Waals surface area (Å²) in [5.74, 6) is 0.540. The molecule has 0 atom stereocenters. The summed E-state index contributed by atoms with van der Waals surface area (Å²) in [6.45, 7) is 1.71. The molecule has 0 aliphatic heterocycles. The van der Waals surface area contributed by atoms with E-state index in [-0.39, 0.29) is 5.84 Å². The highest BCUT2D eigenvalue weighted by molar-refractivity contribution is 7.99. The van der Waals surface area contributed by atoms with Gasteiger partial charge in [0.1, 0.15) is 0 Å². The third-order valence-electron chi connectivity index (χ3n) is 1.98. The zero-order valence-electron chi connectivity index (χ0n) is 8.99. The number of benzene rings is 1. The molecule has 0 amide bonds. The molecule has 2 rings (SSSR count). The first kappa shape index (κ1) is 11.5. The molecule has 3 N–H and O–H groups in total. The average Bonchev–Trinajstić information content (AvgIpc) is 2.74. The Bertz CT molecular complexity index is 553. The van der Waals surface area contributed by atoms with Crippen LogP contribution in [-0.4, -0.2) is 21.2 Å². The SMILES string of the molecule is Cc1nnc(Sc2ccccc2C(N)=NO)o1. The summed E-state index contributed by atoms with van der Waals surface area (Å²) in [7, 11) is 0. The number of nitrogens with zero attached hydrogens (tertiary/aromatic N) is 3. The number of aromatic nitrogens is 2. The van der Waals surface area contributed by atoms with Crippen LogP contribution in [0, 0.1) is 6.92 Å². The second kappa shape index (κ2) is 4.88. The van der Waals surface area contributed by atoms with Crippen LogP contribution >= 0.6 is 11.8 Å². The third kappa shape index (κ3) is 2.56. The molecule has 0 saturated carbocycles. The van der Waals surface area contributed by atoms with Crippen molar-refractivity contribution < 1.29 is 9.62 Å². The molecule has 2 aromatic rings. The van der Waals surface area contributed by atoms with E-state index in [9.17, 15) is 0 Å². The van der Waals surface area contributed by atoms with Gasteiger partial charge in [-0.1, -0.05) is 23.4 Å². The summed E-state index contributed by atoms with van der Waals surface area (Å²) in [5.41, 5.74) is 6.20. The van der Waals surface area contributed by atoms with Gasteiger partial charge >= 0.3 is 0 Å². The highest BCUT2D eigenvalue weighted by Gasteiger charge is 2.11. The van der Waals surface area contributed by atoms with Crippen molar-refractivity contribution in [2.24, 2.45) is 10.9 Å². The molecular formula is C10H10N4O2S. The van der Waals surface area contributed by atoms with Gasteiger partial charge in [0.15, 0.2) is 5.84 Å². The monoisotopic (exact) mass is 250 g/mol. The molecule has 0 aliphatic carbocycles. The zero-order valence-corrected chi connectivity index (χ0v) is 9.81. The van der Waals surface area contributed by atoms with Crippen molar-refractivity contribution in [2.75, 3.05) is 0 Å². The van der Waals surface area contributed by atoms with E-state index in [1.807, 2.05) is 12.1 Å². The average molecular weight is 250 g/mol. The van der Waals surface area contributed by atoms with Crippen molar-refractivity contribution in [3.05, 3.63) is 35.7 Å². The maximum absolute atomic E-state index is 8.69. The Balaban J connectivity index is 2.32. The lowest BCUT2D eigenvalue weighted by atomic mass is 10.2. The fourth-order valence-corrected chi connectivity index (χ4v) is 2.10. The van der Waals surface area contributed by atoms with Crippen molar-refractivity contribution in [1.82, 2.24) is 10.2 Å². The molecule has 0 bridgehead atoms. The lowest BCUT2D eigenvalue weighted by Crippen LogP contribution is -2.13. The molecule has 1 aromatic carbocycles. The fourth-order valence-electron chi connectivity index (χ4n) is 1.23. The van der Waals surface area contributed by atoms with Gasteiger partial charge in [0.05, 0.1) is 0 Å². The van der Waals surface area contributed by atoms with Crippen molar-refractivity contribution in [3.63, 3.8) is 0 Å². The first-order valence-corrected chi connectivity index (χ1v) is 5.57. The minimum atomic E-state index is 0.0457. The summed E-state index contributed by atoms with van der Waals surface area (Å²) >= 11 is 1.27. The molecule has 88 valence electrons. The van der Waals surface area contributed by atoms with E-state index >= 15 is 0 Å². The maximum atomic E-state index is 8.69. The summed E-state index contributed by atoms with van der Waals surface area (Å²) in [4.78, 5) is 0.784. The summed E-state index contributed by atoms with van der Waals surface area (Å²) in [6, 6.07) is 7.23. The van der Waals surface area contributed by atoms with Gasteiger partial charge in [0.25, 0.3) is 5.22 Å². The van der Waals surface area contributed by atoms with E-state index in [4.69, 9.17) is 15.4 Å². The van der Waals surface area contributed by atoms with Crippen molar-refractivity contribution >= 4 is 17.6 Å². The van der Waals surface area contributed by atoms with E-state index in [2.05, 4.69) is 15.4 Å². The van der Waals surface area contributed by atoms with Gasteiger partial charge < -0.3 is 15.4 Å². The Hall–Kier alpha value is -2.02. The molecule has 0 fully saturated rings. The second-order valence-electron chi connectivity index (χ2n) is 3.17. The van der Waals surface area contributed by atoms with E-state index in [1.165, 1.54) is 11.8 Å². The standard InChI is InChI=1S/C10H10N4O2S/c1-6-12-13-10(16-6)17-8-5-3-2-4-7(8)9(11)14-15/h2-5,15H,1H3,(H2,11,14). The number of hydrogen-bond acceptors (Lipinski definition) is 6. The van der Waals surface area contributed by atoms with Crippen LogP contribution in [0.3, 0.4) is 0 Å². The largest absolute Gasteiger partial charge is 0.416 e. The molecule has 0 radical (unpaired) electrons. The van der Waals surface area contributed by atoms with E-state index in [1.54, 1.807) is 19.1 Å². The smallest absolute Gasteiger partial charge is 0.281 e. The van der Waals surface area contributed by atoms with Crippen LogP contribution in [-0.2, 0) is 0 Å². The highest BCUT2D eigenvalue weighted by Crippen LogP contribution is 2.29. The minimum absolute atomic E-state index is 0.0457. The van der Waals surface area contributed by atoms with Crippen molar-refractivity contribution in [1.29, 1.82) is 0 Å². The van der Waals surface area contributed by atoms with E-state index in [0.29, 0.717) is 16.7 Å². The normalized spacial score (nSPS) is 11.7. The summed E-state index contributed by atoms with van der Waals surface area (Å²) in [5, 5.41) is 19.7. The van der Waals surface area contributed by atoms with Gasteiger partial charge in [-0.3, -0.25) is 0 Å². The topological polar surface area (TPSA) is 97.5 Å². The van der Waals surface area contributed by atoms with Crippen LogP contribution < -0.4 is 5.73 Å². The first-order chi connectivity index (χ1) is 8.20. The predicted molar refractivity (Wildman–Crippen MR) is 62.1 cm³/mol. The summed E-state index contributed by atoms with van der Waals surface area (Å²) < 4.78 is 5.25. The third-order valence-corrected chi connectivity index (χ3v) is 2.89. The second-order valence-corrected chi connectivity index (χ2v) is 4.16. The number of oxime groups is 1. The minimum Gasteiger partial charge on any atom is -0.416 e. The van der Waals surface area contributed by atoms with E-state index in [0.717, 1.165) is 4.90 Å². The molecule has 17 heavy (non-hydrogen) atoms. The van der Waals surface area contributed by atoms with Gasteiger partial charge in [-0.2, -0.15) is 0 Å². The van der Waals surface area contributed by atoms with Crippen LogP contribution in [0.1, 0.15) is 11.5 Å². The maximum Gasteiger partial charge on any atom is 0.281 e. The van der Waals surface area contributed by atoms with Crippen molar-refractivity contribution in [2.45, 2.75) is 17.0 Å². The Morgan fingerprint density at radius 2 is 2.18 bits per heavy atom. The van der Waals surface area contributed by atoms with Crippen LogP contribution in [0.5, 0.6) is 0 Å². The van der Waals surface area contributed by atoms with Gasteiger partial charge in [0.2, 0.25) is 5.89 Å². The predicted octanol–water partition coefficient (Wildman–Crippen LogP) is 1.62. The molecule has 0 unspecified atom stereocenters. The lowest BCUT2D eigenvalue weighted by Gasteiger charge is -2.04. The first-order valence-electron chi connectivity index (χ1n) is 4.75. The highest BCUT2D eigenvalue weighted by atomic mass is 32.2. The van der Waals surface area contributed by atoms with Crippen LogP contribution in [0.2, 0.25) is 0 Å². The Labute approximate surface area is 102 Å². The van der Waals surface area contributed by atoms with Crippen LogP contribution in [0.15, 0.2) is 44.0 Å². The number of nitrogens with two attached hydrogens (primary N) is 1. The molecular weight excluding hydrogens is 240 g/mol. The molecule has 7 heteroatoms. The summed E-state index contributed by atoms with van der Waals surface area (Å²) in [6.07, 6.45) is 0. The number of aryl methyl sites for hydroxylation is 1. The molecule has 1 heterocycles. The number of rotatable bonds is 3. The van der Waals surface area contributed by atoms with Gasteiger partial charge in [0, 0.05) is 17.4 Å². The zero-order chi connectivity index (χ0) is 12.3. The Morgan fingerprint density at radius 3 is 2.82 bits per heavy atom. The Kier molecular flexibility index (Phi) is 3.29. The fraction of sp³-hybridized carbons (Fsp3) is 0.100. The van der Waals surface area contributed by atoms with Crippen molar-refractivity contribution in [3.8, 4) is 0 Å².